The highest BCUT2D eigenvalue weighted by atomic mass is 32.1. The van der Waals surface area contributed by atoms with Crippen molar-refractivity contribution in [3.8, 4) is 5.88 Å². The quantitative estimate of drug-likeness (QED) is 0.248. The van der Waals surface area contributed by atoms with Crippen LogP contribution in [0.2, 0.25) is 0 Å². The van der Waals surface area contributed by atoms with Crippen molar-refractivity contribution in [2.75, 3.05) is 0 Å². The molecule has 0 saturated heterocycles. The Hall–Kier alpha value is -2.92. The summed E-state index contributed by atoms with van der Waals surface area (Å²) in [4.78, 5) is 10.9. The van der Waals surface area contributed by atoms with Crippen LogP contribution in [-0.2, 0) is 6.54 Å². The van der Waals surface area contributed by atoms with Gasteiger partial charge in [0.1, 0.15) is 0 Å². The lowest BCUT2D eigenvalue weighted by molar-refractivity contribution is 0.403. The van der Waals surface area contributed by atoms with Crippen LogP contribution in [0.3, 0.4) is 0 Å². The number of aromatic hydroxyl groups is 1. The Morgan fingerprint density at radius 1 is 0.917 bits per heavy atom. The van der Waals surface area contributed by atoms with Crippen molar-refractivity contribution in [1.82, 2.24) is 4.57 Å². The second kappa shape index (κ2) is 13.4. The molecule has 36 heavy (non-hydrogen) atoms. The van der Waals surface area contributed by atoms with E-state index in [-0.39, 0.29) is 0 Å². The van der Waals surface area contributed by atoms with Gasteiger partial charge < -0.3 is 5.11 Å². The fraction of sp³-hybridized carbons (Fsp3) is 0.419. The SMILES string of the molecule is CCCCCCCCCCCCn1c(O)c(/C=c2\ccc3c(c2)C=CN=3)sc1=Nc1ccc(C)cc1. The van der Waals surface area contributed by atoms with Gasteiger partial charge in [-0.25, -0.2) is 4.99 Å². The van der Waals surface area contributed by atoms with Crippen LogP contribution in [0.5, 0.6) is 5.88 Å². The van der Waals surface area contributed by atoms with Gasteiger partial charge in [0.25, 0.3) is 0 Å². The molecule has 0 unspecified atom stereocenters. The fourth-order valence-corrected chi connectivity index (χ4v) is 5.58. The first-order valence-electron chi connectivity index (χ1n) is 13.5. The first-order valence-corrected chi connectivity index (χ1v) is 14.4. The van der Waals surface area contributed by atoms with Gasteiger partial charge in [-0.2, -0.15) is 0 Å². The molecule has 4 nitrogen and oxygen atoms in total. The van der Waals surface area contributed by atoms with Crippen molar-refractivity contribution in [2.24, 2.45) is 9.98 Å². The first-order chi connectivity index (χ1) is 17.6. The molecule has 0 atom stereocenters. The summed E-state index contributed by atoms with van der Waals surface area (Å²) < 4.78 is 1.99. The van der Waals surface area contributed by atoms with E-state index in [0.717, 1.165) is 44.5 Å². The summed E-state index contributed by atoms with van der Waals surface area (Å²) >= 11 is 1.54. The van der Waals surface area contributed by atoms with Crippen molar-refractivity contribution in [3.05, 3.63) is 80.0 Å². The summed E-state index contributed by atoms with van der Waals surface area (Å²) in [5.74, 6) is 0.308. The number of hydrogen-bond donors (Lipinski definition) is 1. The number of thiazole rings is 1. The number of aromatic nitrogens is 1. The van der Waals surface area contributed by atoms with E-state index in [1.165, 1.54) is 63.4 Å². The van der Waals surface area contributed by atoms with Gasteiger partial charge in [-0.05, 0) is 55.0 Å². The van der Waals surface area contributed by atoms with Crippen LogP contribution < -0.4 is 15.4 Å². The molecule has 4 rings (SSSR count). The molecule has 0 bridgehead atoms. The van der Waals surface area contributed by atoms with Gasteiger partial charge in [0.2, 0.25) is 5.88 Å². The summed E-state index contributed by atoms with van der Waals surface area (Å²) in [7, 11) is 0. The van der Waals surface area contributed by atoms with Crippen LogP contribution in [0.15, 0.2) is 58.6 Å². The molecule has 1 aromatic heterocycles. The van der Waals surface area contributed by atoms with Gasteiger partial charge in [-0.15, -0.1) is 0 Å². The van der Waals surface area contributed by atoms with Crippen LogP contribution >= 0.6 is 11.3 Å². The second-order valence-electron chi connectivity index (χ2n) is 9.76. The fourth-order valence-electron chi connectivity index (χ4n) is 4.55. The third-order valence-corrected chi connectivity index (χ3v) is 7.73. The number of aryl methyl sites for hydroxylation is 1. The average molecular weight is 502 g/mol. The Morgan fingerprint density at radius 2 is 1.61 bits per heavy atom. The minimum absolute atomic E-state index is 0.308. The smallest absolute Gasteiger partial charge is 0.211 e. The van der Waals surface area contributed by atoms with Crippen molar-refractivity contribution < 1.29 is 5.11 Å². The summed E-state index contributed by atoms with van der Waals surface area (Å²) in [5, 5.41) is 13.2. The summed E-state index contributed by atoms with van der Waals surface area (Å²) in [6, 6.07) is 14.4. The lowest BCUT2D eigenvalue weighted by Gasteiger charge is -2.06. The molecule has 0 saturated carbocycles. The lowest BCUT2D eigenvalue weighted by atomic mass is 10.1. The zero-order valence-corrected chi connectivity index (χ0v) is 22.6. The van der Waals surface area contributed by atoms with E-state index >= 15 is 0 Å². The monoisotopic (exact) mass is 501 g/mol. The third-order valence-electron chi connectivity index (χ3n) is 6.72. The Bertz CT molecular complexity index is 1350. The summed E-state index contributed by atoms with van der Waals surface area (Å²) in [5.41, 5.74) is 3.24. The van der Waals surface area contributed by atoms with E-state index in [1.807, 2.05) is 35.0 Å². The standard InChI is InChI=1S/C31H39N3OS/c1-3-4-5-6-7-8-9-10-11-12-21-34-30(35)29(23-25-15-18-28-26(22-25)19-20-32-28)36-31(34)33-27-16-13-24(2)14-17-27/h13-20,22-23,35H,3-12,21H2,1-2H3/b25-23+,33-31?. The molecule has 0 radical (unpaired) electrons. The number of benzene rings is 2. The summed E-state index contributed by atoms with van der Waals surface area (Å²) in [6.45, 7) is 5.13. The van der Waals surface area contributed by atoms with E-state index in [4.69, 9.17) is 4.99 Å². The minimum Gasteiger partial charge on any atom is -0.493 e. The van der Waals surface area contributed by atoms with Gasteiger partial charge in [-0.3, -0.25) is 9.56 Å². The molecule has 1 aliphatic heterocycles. The van der Waals surface area contributed by atoms with Crippen LogP contribution in [0.1, 0.15) is 87.1 Å². The topological polar surface area (TPSA) is 49.9 Å². The minimum atomic E-state index is 0.308. The van der Waals surface area contributed by atoms with Crippen LogP contribution in [0.25, 0.3) is 12.2 Å². The lowest BCUT2D eigenvalue weighted by Crippen LogP contribution is -2.14. The van der Waals surface area contributed by atoms with Gasteiger partial charge >= 0.3 is 0 Å². The second-order valence-corrected chi connectivity index (χ2v) is 10.8. The number of nitrogens with zero attached hydrogens (tertiary/aromatic N) is 3. The molecule has 0 fully saturated rings. The number of unbranched alkanes of at least 4 members (excludes halogenated alkanes) is 9. The number of rotatable bonds is 13. The van der Waals surface area contributed by atoms with E-state index in [9.17, 15) is 5.11 Å². The molecule has 0 aliphatic carbocycles. The number of fused-ring (bicyclic) bond motifs is 1. The van der Waals surface area contributed by atoms with E-state index in [2.05, 4.69) is 49.2 Å². The maximum absolute atomic E-state index is 11.2. The van der Waals surface area contributed by atoms with Crippen molar-refractivity contribution >= 4 is 29.2 Å². The van der Waals surface area contributed by atoms with Gasteiger partial charge in [0.05, 0.1) is 15.9 Å². The molecule has 1 aliphatic rings. The predicted molar refractivity (Wildman–Crippen MR) is 152 cm³/mol. The van der Waals surface area contributed by atoms with Crippen molar-refractivity contribution in [1.29, 1.82) is 0 Å². The molecule has 2 heterocycles. The van der Waals surface area contributed by atoms with Crippen molar-refractivity contribution in [3.63, 3.8) is 0 Å². The maximum Gasteiger partial charge on any atom is 0.211 e. The Labute approximate surface area is 219 Å². The van der Waals surface area contributed by atoms with Crippen LogP contribution in [0.4, 0.5) is 5.69 Å². The molecule has 2 aromatic carbocycles. The molecule has 0 spiro atoms. The van der Waals surface area contributed by atoms with Crippen LogP contribution in [-0.4, -0.2) is 9.67 Å². The molecule has 190 valence electrons. The Morgan fingerprint density at radius 3 is 2.33 bits per heavy atom. The molecule has 1 N–H and O–H groups in total. The molecular formula is C31H39N3OS. The molecule has 3 aromatic rings. The average Bonchev–Trinajstić information content (AvgIpc) is 3.46. The van der Waals surface area contributed by atoms with Crippen molar-refractivity contribution in [2.45, 2.75) is 84.6 Å². The maximum atomic E-state index is 11.2. The first kappa shape index (κ1) is 26.2. The molecule has 5 heteroatoms. The normalized spacial score (nSPS) is 13.4. The largest absolute Gasteiger partial charge is 0.493 e. The highest BCUT2D eigenvalue weighted by Crippen LogP contribution is 2.23. The van der Waals surface area contributed by atoms with Gasteiger partial charge in [-0.1, -0.05) is 99.8 Å². The summed E-state index contributed by atoms with van der Waals surface area (Å²) in [6.07, 6.45) is 18.9. The van der Waals surface area contributed by atoms with Gasteiger partial charge in [0, 0.05) is 18.3 Å². The molecular weight excluding hydrogens is 462 g/mol. The highest BCUT2D eigenvalue weighted by Gasteiger charge is 2.11. The zero-order chi connectivity index (χ0) is 25.2. The van der Waals surface area contributed by atoms with Gasteiger partial charge in [0.15, 0.2) is 4.80 Å². The van der Waals surface area contributed by atoms with E-state index in [0.29, 0.717) is 5.88 Å². The van der Waals surface area contributed by atoms with Crippen LogP contribution in [0, 0.1) is 6.92 Å². The van der Waals surface area contributed by atoms with E-state index in [1.54, 1.807) is 11.3 Å². The zero-order valence-electron chi connectivity index (χ0n) is 21.7. The Kier molecular flexibility index (Phi) is 9.74. The third kappa shape index (κ3) is 7.30. The number of hydrogen-bond acceptors (Lipinski definition) is 4. The highest BCUT2D eigenvalue weighted by molar-refractivity contribution is 7.10. The Balaban J connectivity index is 1.47. The predicted octanol–water partition coefficient (Wildman–Crippen LogP) is 7.15. The molecule has 0 amide bonds. The van der Waals surface area contributed by atoms with E-state index < -0.39 is 0 Å².